The Kier molecular flexibility index (Phi) is 6.09. The molecule has 0 bridgehead atoms. The van der Waals surface area contributed by atoms with Gasteiger partial charge in [0, 0.05) is 6.54 Å². The van der Waals surface area contributed by atoms with Crippen molar-refractivity contribution in [2.24, 2.45) is 0 Å². The summed E-state index contributed by atoms with van der Waals surface area (Å²) in [6, 6.07) is 0. The predicted octanol–water partition coefficient (Wildman–Crippen LogP) is -0.771. The molecule has 0 saturated carbocycles. The fraction of sp³-hybridized carbons (Fsp3) is 0.625. The van der Waals surface area contributed by atoms with Crippen LogP contribution in [-0.4, -0.2) is 38.1 Å². The first kappa shape index (κ1) is 12.4. The topological polar surface area (TPSA) is 81.7 Å². The second-order valence-electron chi connectivity index (χ2n) is 2.30. The zero-order chi connectivity index (χ0) is 11.0. The van der Waals surface area contributed by atoms with Crippen LogP contribution in [0.1, 0.15) is 13.3 Å². The Balaban J connectivity index is 3.59. The van der Waals surface area contributed by atoms with E-state index >= 15 is 0 Å². The van der Waals surface area contributed by atoms with Gasteiger partial charge < -0.3 is 14.8 Å². The number of nitrogens with one attached hydrogen (secondary N) is 1. The van der Waals surface area contributed by atoms with E-state index in [1.165, 1.54) is 0 Å². The maximum absolute atomic E-state index is 10.8. The maximum atomic E-state index is 10.8. The number of carbonyl (C=O) groups is 3. The molecule has 0 aliphatic heterocycles. The molecule has 6 nitrogen and oxygen atoms in total. The summed E-state index contributed by atoms with van der Waals surface area (Å²) in [6.45, 7) is 2.04. The van der Waals surface area contributed by atoms with Gasteiger partial charge in [-0.15, -0.1) is 0 Å². The molecule has 0 spiro atoms. The van der Waals surface area contributed by atoms with Crippen molar-refractivity contribution >= 4 is 17.8 Å². The summed E-state index contributed by atoms with van der Waals surface area (Å²) in [4.78, 5) is 32.1. The van der Waals surface area contributed by atoms with Gasteiger partial charge in [0.1, 0.15) is 0 Å². The Bertz CT molecular complexity index is 226. The summed E-state index contributed by atoms with van der Waals surface area (Å²) in [6.07, 6.45) is 0.0383. The van der Waals surface area contributed by atoms with Gasteiger partial charge in [-0.2, -0.15) is 0 Å². The number of amides is 1. The van der Waals surface area contributed by atoms with Crippen LogP contribution in [0.4, 0.5) is 0 Å². The predicted molar refractivity (Wildman–Crippen MR) is 46.3 cm³/mol. The quantitative estimate of drug-likeness (QED) is 0.479. The van der Waals surface area contributed by atoms with Gasteiger partial charge in [-0.05, 0) is 6.92 Å². The Morgan fingerprint density at radius 1 is 1.29 bits per heavy atom. The zero-order valence-corrected chi connectivity index (χ0v) is 8.16. The molecule has 0 fully saturated rings. The molecule has 0 rings (SSSR count). The number of esters is 2. The van der Waals surface area contributed by atoms with Crippen molar-refractivity contribution in [2.45, 2.75) is 13.3 Å². The Labute approximate surface area is 81.6 Å². The number of methoxy groups -OCH3 is 1. The molecule has 0 aromatic carbocycles. The second kappa shape index (κ2) is 6.88. The van der Waals surface area contributed by atoms with Crippen LogP contribution in [0.15, 0.2) is 0 Å². The van der Waals surface area contributed by atoms with Crippen LogP contribution < -0.4 is 5.32 Å². The first-order chi connectivity index (χ1) is 6.61. The SMILES string of the molecule is CCOC(=O)CCNC(=O)C(=O)OC. The largest absolute Gasteiger partial charge is 0.466 e. The third kappa shape index (κ3) is 5.13. The first-order valence-corrected chi connectivity index (χ1v) is 4.13. The van der Waals surface area contributed by atoms with Gasteiger partial charge in [0.05, 0.1) is 20.1 Å². The molecule has 0 aliphatic rings. The minimum atomic E-state index is -0.978. The van der Waals surface area contributed by atoms with Crippen molar-refractivity contribution in [3.05, 3.63) is 0 Å². The molecule has 0 aromatic rings. The normalized spacial score (nSPS) is 9.00. The van der Waals surface area contributed by atoms with E-state index in [0.717, 1.165) is 7.11 Å². The van der Waals surface area contributed by atoms with Gasteiger partial charge in [0.2, 0.25) is 0 Å². The lowest BCUT2D eigenvalue weighted by atomic mass is 10.4. The van der Waals surface area contributed by atoms with Crippen molar-refractivity contribution < 1.29 is 23.9 Å². The van der Waals surface area contributed by atoms with E-state index in [1.807, 2.05) is 0 Å². The number of hydrogen-bond acceptors (Lipinski definition) is 5. The van der Waals surface area contributed by atoms with E-state index in [9.17, 15) is 14.4 Å². The third-order valence-corrected chi connectivity index (χ3v) is 1.29. The molecule has 0 atom stereocenters. The van der Waals surface area contributed by atoms with E-state index < -0.39 is 17.8 Å². The molecular weight excluding hydrogens is 190 g/mol. The van der Waals surface area contributed by atoms with E-state index in [1.54, 1.807) is 6.92 Å². The fourth-order valence-electron chi connectivity index (χ4n) is 0.676. The number of ether oxygens (including phenoxy) is 2. The monoisotopic (exact) mass is 203 g/mol. The standard InChI is InChI=1S/C8H13NO5/c1-3-14-6(10)4-5-9-7(11)8(12)13-2/h3-5H2,1-2H3,(H,9,11). The van der Waals surface area contributed by atoms with Crippen LogP contribution in [-0.2, 0) is 23.9 Å². The van der Waals surface area contributed by atoms with Crippen molar-refractivity contribution in [1.29, 1.82) is 0 Å². The highest BCUT2D eigenvalue weighted by Crippen LogP contribution is 1.84. The highest BCUT2D eigenvalue weighted by Gasteiger charge is 2.13. The highest BCUT2D eigenvalue weighted by molar-refractivity contribution is 6.32. The molecule has 6 heteroatoms. The zero-order valence-electron chi connectivity index (χ0n) is 8.16. The number of hydrogen-bond donors (Lipinski definition) is 1. The van der Waals surface area contributed by atoms with Crippen molar-refractivity contribution in [3.63, 3.8) is 0 Å². The summed E-state index contributed by atoms with van der Waals surface area (Å²) in [5.41, 5.74) is 0. The lowest BCUT2D eigenvalue weighted by Crippen LogP contribution is -2.33. The molecule has 0 saturated heterocycles. The molecule has 0 unspecified atom stereocenters. The fourth-order valence-corrected chi connectivity index (χ4v) is 0.676. The molecule has 0 radical (unpaired) electrons. The molecule has 0 aliphatic carbocycles. The Morgan fingerprint density at radius 3 is 2.43 bits per heavy atom. The van der Waals surface area contributed by atoms with Crippen LogP contribution in [0.2, 0.25) is 0 Å². The third-order valence-electron chi connectivity index (χ3n) is 1.29. The van der Waals surface area contributed by atoms with Gasteiger partial charge in [-0.25, -0.2) is 4.79 Å². The molecule has 14 heavy (non-hydrogen) atoms. The Morgan fingerprint density at radius 2 is 1.93 bits per heavy atom. The van der Waals surface area contributed by atoms with Crippen molar-refractivity contribution in [1.82, 2.24) is 5.32 Å². The lowest BCUT2D eigenvalue weighted by molar-refractivity contribution is -0.153. The van der Waals surface area contributed by atoms with Crippen LogP contribution >= 0.6 is 0 Å². The summed E-state index contributed by atoms with van der Waals surface area (Å²) < 4.78 is 8.75. The molecular formula is C8H13NO5. The number of carbonyl (C=O) groups excluding carboxylic acids is 3. The number of rotatable bonds is 4. The first-order valence-electron chi connectivity index (χ1n) is 4.13. The highest BCUT2D eigenvalue weighted by atomic mass is 16.5. The van der Waals surface area contributed by atoms with E-state index in [2.05, 4.69) is 14.8 Å². The average Bonchev–Trinajstić information content (AvgIpc) is 2.16. The summed E-state index contributed by atoms with van der Waals surface area (Å²) in [5.74, 6) is -2.26. The van der Waals surface area contributed by atoms with Crippen LogP contribution in [0.3, 0.4) is 0 Å². The van der Waals surface area contributed by atoms with Gasteiger partial charge in [-0.1, -0.05) is 0 Å². The molecule has 80 valence electrons. The van der Waals surface area contributed by atoms with Crippen molar-refractivity contribution in [3.8, 4) is 0 Å². The molecule has 1 amide bonds. The molecule has 0 aromatic heterocycles. The molecule has 1 N–H and O–H groups in total. The Hall–Kier alpha value is -1.59. The van der Waals surface area contributed by atoms with Gasteiger partial charge in [0.15, 0.2) is 0 Å². The lowest BCUT2D eigenvalue weighted by Gasteiger charge is -2.03. The van der Waals surface area contributed by atoms with Crippen molar-refractivity contribution in [2.75, 3.05) is 20.3 Å². The van der Waals surface area contributed by atoms with Gasteiger partial charge >= 0.3 is 17.8 Å². The summed E-state index contributed by atoms with van der Waals surface area (Å²) in [7, 11) is 1.10. The smallest absolute Gasteiger partial charge is 0.396 e. The summed E-state index contributed by atoms with van der Waals surface area (Å²) >= 11 is 0. The van der Waals surface area contributed by atoms with E-state index in [-0.39, 0.29) is 13.0 Å². The van der Waals surface area contributed by atoms with Crippen LogP contribution in [0, 0.1) is 0 Å². The second-order valence-corrected chi connectivity index (χ2v) is 2.30. The van der Waals surface area contributed by atoms with E-state index in [4.69, 9.17) is 0 Å². The van der Waals surface area contributed by atoms with E-state index in [0.29, 0.717) is 6.61 Å². The summed E-state index contributed by atoms with van der Waals surface area (Å²) in [5, 5.41) is 2.21. The van der Waals surface area contributed by atoms with Gasteiger partial charge in [-0.3, -0.25) is 9.59 Å². The minimum absolute atomic E-state index is 0.0383. The van der Waals surface area contributed by atoms with Crippen LogP contribution in [0.5, 0.6) is 0 Å². The van der Waals surface area contributed by atoms with Gasteiger partial charge in [0.25, 0.3) is 0 Å². The maximum Gasteiger partial charge on any atom is 0.396 e. The average molecular weight is 203 g/mol. The minimum Gasteiger partial charge on any atom is -0.466 e. The molecule has 0 heterocycles. The van der Waals surface area contributed by atoms with Crippen LogP contribution in [0.25, 0.3) is 0 Å².